The quantitative estimate of drug-likeness (QED) is 0.648. The second-order valence-electron chi connectivity index (χ2n) is 5.20. The van der Waals surface area contributed by atoms with E-state index in [9.17, 15) is 18.0 Å². The molecule has 0 radical (unpaired) electrons. The van der Waals surface area contributed by atoms with Crippen molar-refractivity contribution in [2.24, 2.45) is 0 Å². The number of anilines is 1. The molecule has 1 aliphatic rings. The molecule has 24 heavy (non-hydrogen) atoms. The molecule has 0 aliphatic carbocycles. The summed E-state index contributed by atoms with van der Waals surface area (Å²) in [4.78, 5) is 22.7. The molecule has 0 bridgehead atoms. The molecule has 0 saturated carbocycles. The van der Waals surface area contributed by atoms with Gasteiger partial charge in [0, 0.05) is 0 Å². The Morgan fingerprint density at radius 1 is 1.50 bits per heavy atom. The third-order valence-electron chi connectivity index (χ3n) is 3.40. The van der Waals surface area contributed by atoms with Crippen LogP contribution in [0.2, 0.25) is 0 Å². The molecule has 0 aromatic heterocycles. The lowest BCUT2D eigenvalue weighted by molar-refractivity contribution is -0.139. The van der Waals surface area contributed by atoms with E-state index in [0.29, 0.717) is 11.5 Å². The number of carbonyl (C=O) groups excluding carboxylic acids is 1. The van der Waals surface area contributed by atoms with Crippen molar-refractivity contribution in [3.63, 3.8) is 0 Å². The van der Waals surface area contributed by atoms with Gasteiger partial charge < -0.3 is 15.2 Å². The number of fused-ring (bicyclic) bond motifs is 1. The fourth-order valence-corrected chi connectivity index (χ4v) is 3.80. The number of thioether (sulfide) groups is 1. The van der Waals surface area contributed by atoms with Crippen LogP contribution in [0.4, 0.5) is 5.69 Å². The number of sulfonamides is 1. The maximum Gasteiger partial charge on any atom is 0.321 e. The molecule has 3 N–H and O–H groups in total. The number of carboxylic acid groups (broad SMARTS) is 1. The van der Waals surface area contributed by atoms with Gasteiger partial charge in [-0.05, 0) is 43.6 Å². The number of carboxylic acids is 1. The molecule has 8 nitrogen and oxygen atoms in total. The first-order valence-corrected chi connectivity index (χ1v) is 9.98. The first-order chi connectivity index (χ1) is 11.2. The van der Waals surface area contributed by atoms with E-state index in [4.69, 9.17) is 9.84 Å². The zero-order valence-corrected chi connectivity index (χ0v) is 14.7. The van der Waals surface area contributed by atoms with E-state index in [1.807, 2.05) is 0 Å². The van der Waals surface area contributed by atoms with Crippen LogP contribution in [-0.4, -0.2) is 49.6 Å². The smallest absolute Gasteiger partial charge is 0.321 e. The number of rotatable bonds is 7. The summed E-state index contributed by atoms with van der Waals surface area (Å²) in [6.07, 6.45) is 1.31. The lowest BCUT2D eigenvalue weighted by Gasteiger charge is -2.23. The number of ether oxygens (including phenoxy) is 1. The summed E-state index contributed by atoms with van der Waals surface area (Å²) >= 11 is 1.43. The van der Waals surface area contributed by atoms with E-state index >= 15 is 0 Å². The molecule has 1 aromatic rings. The zero-order chi connectivity index (χ0) is 17.9. The highest BCUT2D eigenvalue weighted by molar-refractivity contribution is 7.98. The van der Waals surface area contributed by atoms with Crippen LogP contribution < -0.4 is 14.8 Å². The second kappa shape index (κ2) is 7.41. The predicted molar refractivity (Wildman–Crippen MR) is 89.9 cm³/mol. The lowest BCUT2D eigenvalue weighted by atomic mass is 10.2. The predicted octanol–water partition coefficient (Wildman–Crippen LogP) is 0.891. The molecular weight excluding hydrogens is 356 g/mol. The summed E-state index contributed by atoms with van der Waals surface area (Å²) in [5.41, 5.74) is 0.233. The van der Waals surface area contributed by atoms with Gasteiger partial charge in [-0.1, -0.05) is 0 Å². The minimum Gasteiger partial charge on any atom is -0.480 e. The van der Waals surface area contributed by atoms with Crippen LogP contribution in [0.15, 0.2) is 23.1 Å². The number of benzene rings is 1. The maximum atomic E-state index is 12.4. The van der Waals surface area contributed by atoms with E-state index in [2.05, 4.69) is 10.0 Å². The topological polar surface area (TPSA) is 122 Å². The number of carbonyl (C=O) groups is 2. The molecule has 2 rings (SSSR count). The van der Waals surface area contributed by atoms with E-state index in [1.165, 1.54) is 30.0 Å². The Kier molecular flexibility index (Phi) is 5.73. The molecule has 10 heteroatoms. The number of aliphatic carboxylic acids is 1. The van der Waals surface area contributed by atoms with Gasteiger partial charge in [-0.3, -0.25) is 9.59 Å². The van der Waals surface area contributed by atoms with E-state index in [0.717, 1.165) is 0 Å². The van der Waals surface area contributed by atoms with E-state index < -0.39 is 28.1 Å². The Balaban J connectivity index is 2.25. The van der Waals surface area contributed by atoms with Crippen LogP contribution in [0.5, 0.6) is 5.75 Å². The molecule has 0 fully saturated rings. The molecule has 0 unspecified atom stereocenters. The summed E-state index contributed by atoms with van der Waals surface area (Å²) in [6, 6.07) is 2.76. The minimum atomic E-state index is -4.05. The largest absolute Gasteiger partial charge is 0.480 e. The van der Waals surface area contributed by atoms with Gasteiger partial charge in [0.05, 0.1) is 10.6 Å². The maximum absolute atomic E-state index is 12.4. The third kappa shape index (κ3) is 4.19. The van der Waals surface area contributed by atoms with Crippen LogP contribution in [0.1, 0.15) is 13.3 Å². The molecule has 1 aliphatic heterocycles. The van der Waals surface area contributed by atoms with Crippen molar-refractivity contribution in [1.82, 2.24) is 4.72 Å². The van der Waals surface area contributed by atoms with Gasteiger partial charge in [-0.15, -0.1) is 0 Å². The standard InChI is InChI=1S/C14H18N2O6S2/c1-8-13(17)15-11-7-9(3-4-12(11)22-8)24(20,21)16-10(14(18)19)5-6-23-2/h3-4,7-8,10,16H,5-6H2,1-2H3,(H,15,17)(H,18,19)/t8-,10+/m1/s1. The van der Waals surface area contributed by atoms with Crippen molar-refractivity contribution in [3.8, 4) is 5.75 Å². The highest BCUT2D eigenvalue weighted by atomic mass is 32.2. The summed E-state index contributed by atoms with van der Waals surface area (Å²) in [5, 5.41) is 11.7. The average molecular weight is 374 g/mol. The second-order valence-corrected chi connectivity index (χ2v) is 7.90. The van der Waals surface area contributed by atoms with Crippen molar-refractivity contribution < 1.29 is 27.9 Å². The molecule has 0 saturated heterocycles. The number of hydrogen-bond donors (Lipinski definition) is 3. The monoisotopic (exact) mass is 374 g/mol. The molecule has 1 aromatic carbocycles. The van der Waals surface area contributed by atoms with Gasteiger partial charge in [0.2, 0.25) is 10.0 Å². The van der Waals surface area contributed by atoms with Crippen molar-refractivity contribution in [1.29, 1.82) is 0 Å². The van der Waals surface area contributed by atoms with Crippen molar-refractivity contribution >= 4 is 39.3 Å². The Labute approximate surface area is 144 Å². The Bertz CT molecular complexity index is 750. The molecule has 2 atom stereocenters. The van der Waals surface area contributed by atoms with Gasteiger partial charge in [-0.25, -0.2) is 8.42 Å². The Hall–Kier alpha value is -1.78. The fourth-order valence-electron chi connectivity index (χ4n) is 2.08. The normalized spacial score (nSPS) is 18.2. The minimum absolute atomic E-state index is 0.143. The first-order valence-electron chi connectivity index (χ1n) is 7.10. The first kappa shape index (κ1) is 18.6. The number of nitrogens with one attached hydrogen (secondary N) is 2. The molecule has 0 spiro atoms. The van der Waals surface area contributed by atoms with E-state index in [-0.39, 0.29) is 22.9 Å². The van der Waals surface area contributed by atoms with Gasteiger partial charge in [-0.2, -0.15) is 16.5 Å². The number of hydrogen-bond acceptors (Lipinski definition) is 6. The summed E-state index contributed by atoms with van der Waals surface area (Å²) in [5.74, 6) is -0.756. The average Bonchev–Trinajstić information content (AvgIpc) is 2.51. The third-order valence-corrected chi connectivity index (χ3v) is 5.51. The van der Waals surface area contributed by atoms with Gasteiger partial charge in [0.25, 0.3) is 5.91 Å². The Morgan fingerprint density at radius 2 is 2.21 bits per heavy atom. The lowest BCUT2D eigenvalue weighted by Crippen LogP contribution is -2.41. The SMILES string of the molecule is CSCC[C@H](NS(=O)(=O)c1ccc2c(c1)NC(=O)[C@@H](C)O2)C(=O)O. The van der Waals surface area contributed by atoms with Crippen molar-refractivity contribution in [2.45, 2.75) is 30.4 Å². The van der Waals surface area contributed by atoms with Crippen LogP contribution in [0.3, 0.4) is 0 Å². The van der Waals surface area contributed by atoms with Crippen molar-refractivity contribution in [3.05, 3.63) is 18.2 Å². The summed E-state index contributed by atoms with van der Waals surface area (Å²) in [6.45, 7) is 1.58. The summed E-state index contributed by atoms with van der Waals surface area (Å²) < 4.78 is 32.4. The molecule has 132 valence electrons. The van der Waals surface area contributed by atoms with Gasteiger partial charge in [0.1, 0.15) is 11.8 Å². The molecule has 1 heterocycles. The highest BCUT2D eigenvalue weighted by Crippen LogP contribution is 2.31. The highest BCUT2D eigenvalue weighted by Gasteiger charge is 2.28. The fraction of sp³-hybridized carbons (Fsp3) is 0.429. The van der Waals surface area contributed by atoms with Crippen LogP contribution in [-0.2, 0) is 19.6 Å². The summed E-state index contributed by atoms with van der Waals surface area (Å²) in [7, 11) is -4.05. The van der Waals surface area contributed by atoms with Crippen molar-refractivity contribution in [2.75, 3.05) is 17.3 Å². The molecule has 1 amide bonds. The van der Waals surface area contributed by atoms with Crippen LogP contribution >= 0.6 is 11.8 Å². The zero-order valence-electron chi connectivity index (χ0n) is 13.1. The Morgan fingerprint density at radius 3 is 2.83 bits per heavy atom. The van der Waals surface area contributed by atoms with Gasteiger partial charge in [0.15, 0.2) is 6.10 Å². The number of amides is 1. The van der Waals surface area contributed by atoms with Crippen LogP contribution in [0, 0.1) is 0 Å². The van der Waals surface area contributed by atoms with Crippen LogP contribution in [0.25, 0.3) is 0 Å². The van der Waals surface area contributed by atoms with Gasteiger partial charge >= 0.3 is 5.97 Å². The molecular formula is C14H18N2O6S2. The van der Waals surface area contributed by atoms with E-state index in [1.54, 1.807) is 13.2 Å².